The molecule has 1 atom stereocenters. The van der Waals surface area contributed by atoms with Gasteiger partial charge >= 0.3 is 0 Å². The van der Waals surface area contributed by atoms with Gasteiger partial charge < -0.3 is 0 Å². The minimum Gasteiger partial charge on any atom is -0.0683 e. The lowest BCUT2D eigenvalue weighted by Crippen LogP contribution is -2.05. The topological polar surface area (TPSA) is 0 Å². The highest BCUT2D eigenvalue weighted by Crippen LogP contribution is 2.23. The molecule has 0 saturated carbocycles. The van der Waals surface area contributed by atoms with E-state index in [9.17, 15) is 0 Å². The molecule has 2 aromatic carbocycles. The lowest BCUT2D eigenvalue weighted by molar-refractivity contribution is 1.31. The van der Waals surface area contributed by atoms with Gasteiger partial charge in [0.25, 0.3) is 0 Å². The van der Waals surface area contributed by atoms with Crippen LogP contribution in [0.5, 0.6) is 0 Å². The van der Waals surface area contributed by atoms with E-state index in [0.29, 0.717) is 0 Å². The highest BCUT2D eigenvalue weighted by atomic mass is 32.2. The van der Waals surface area contributed by atoms with Crippen LogP contribution in [0, 0.1) is 6.92 Å². The van der Waals surface area contributed by atoms with E-state index in [1.54, 1.807) is 0 Å². The van der Waals surface area contributed by atoms with E-state index >= 15 is 0 Å². The van der Waals surface area contributed by atoms with Crippen LogP contribution in [-0.4, -0.2) is 5.75 Å². The van der Waals surface area contributed by atoms with Gasteiger partial charge in [-0.05, 0) is 38.1 Å². The zero-order valence-corrected chi connectivity index (χ0v) is 14.6. The predicted molar refractivity (Wildman–Crippen MR) is 94.8 cm³/mol. The summed E-state index contributed by atoms with van der Waals surface area (Å²) in [6.45, 7) is 12.4. The second kappa shape index (κ2) is 11.6. The van der Waals surface area contributed by atoms with Gasteiger partial charge in [0.15, 0.2) is 9.79 Å². The Hall–Kier alpha value is -1.21. The normalized spacial score (nSPS) is 10.5. The molecule has 0 amide bonds. The fourth-order valence-corrected chi connectivity index (χ4v) is 3.65. The van der Waals surface area contributed by atoms with Crippen LogP contribution < -0.4 is 0 Å². The van der Waals surface area contributed by atoms with E-state index < -0.39 is 0 Å². The number of aryl methyl sites for hydroxylation is 1. The smallest absolute Gasteiger partial charge is 0.0683 e. The van der Waals surface area contributed by atoms with E-state index in [4.69, 9.17) is 0 Å². The zero-order valence-electron chi connectivity index (χ0n) is 13.8. The molecule has 0 nitrogen and oxygen atoms in total. The van der Waals surface area contributed by atoms with Crippen molar-refractivity contribution in [3.63, 3.8) is 0 Å². The Bertz CT molecular complexity index is 431. The van der Waals surface area contributed by atoms with Gasteiger partial charge in [-0.2, -0.15) is 0 Å². The van der Waals surface area contributed by atoms with Crippen LogP contribution in [0.3, 0.4) is 0 Å². The van der Waals surface area contributed by atoms with Crippen molar-refractivity contribution in [2.75, 3.05) is 5.75 Å². The van der Waals surface area contributed by atoms with Crippen LogP contribution in [0.15, 0.2) is 64.4 Å². The monoisotopic (exact) mass is 289 g/mol. The SMILES string of the molecule is CC.CC.CC[S+](c1ccccc1)c1ccc(C)cc1. The first-order valence-corrected chi connectivity index (χ1v) is 9.03. The number of benzene rings is 2. The summed E-state index contributed by atoms with van der Waals surface area (Å²) in [5.74, 6) is 1.17. The fraction of sp³-hybridized carbons (Fsp3) is 0.368. The van der Waals surface area contributed by atoms with Crippen LogP contribution >= 0.6 is 0 Å². The summed E-state index contributed by atoms with van der Waals surface area (Å²) in [5, 5.41) is 0. The van der Waals surface area contributed by atoms with E-state index in [0.717, 1.165) is 0 Å². The van der Waals surface area contributed by atoms with Gasteiger partial charge in [-0.25, -0.2) is 0 Å². The van der Waals surface area contributed by atoms with E-state index in [1.165, 1.54) is 21.1 Å². The molecule has 0 N–H and O–H groups in total. The van der Waals surface area contributed by atoms with Crippen molar-refractivity contribution in [3.05, 3.63) is 60.2 Å². The van der Waals surface area contributed by atoms with Crippen LogP contribution in [0.1, 0.15) is 40.2 Å². The van der Waals surface area contributed by atoms with Crippen LogP contribution in [-0.2, 0) is 10.9 Å². The average molecular weight is 290 g/mol. The average Bonchev–Trinajstić information content (AvgIpc) is 2.55. The molecule has 0 spiro atoms. The zero-order chi connectivity index (χ0) is 15.4. The second-order valence-electron chi connectivity index (χ2n) is 3.81. The lowest BCUT2D eigenvalue weighted by atomic mass is 10.2. The van der Waals surface area contributed by atoms with Gasteiger partial charge in [0.1, 0.15) is 5.75 Å². The molecule has 0 bridgehead atoms. The Morgan fingerprint density at radius 2 is 1.15 bits per heavy atom. The molecule has 0 aliphatic rings. The van der Waals surface area contributed by atoms with Crippen molar-refractivity contribution in [1.29, 1.82) is 0 Å². The van der Waals surface area contributed by atoms with Gasteiger partial charge in [0.2, 0.25) is 0 Å². The van der Waals surface area contributed by atoms with E-state index in [1.807, 2.05) is 27.7 Å². The molecule has 0 heterocycles. The molecule has 2 aromatic rings. The number of rotatable bonds is 3. The molecule has 0 aliphatic carbocycles. The third-order valence-electron chi connectivity index (χ3n) is 2.62. The molecule has 2 rings (SSSR count). The van der Waals surface area contributed by atoms with Crippen molar-refractivity contribution in [2.24, 2.45) is 0 Å². The van der Waals surface area contributed by atoms with Crippen molar-refractivity contribution < 1.29 is 0 Å². The molecule has 1 heteroatoms. The minimum atomic E-state index is 0.234. The van der Waals surface area contributed by atoms with Crippen molar-refractivity contribution in [2.45, 2.75) is 51.3 Å². The molecule has 20 heavy (non-hydrogen) atoms. The van der Waals surface area contributed by atoms with Crippen LogP contribution in [0.25, 0.3) is 0 Å². The van der Waals surface area contributed by atoms with Gasteiger partial charge in [-0.3, -0.25) is 0 Å². The fourth-order valence-electron chi connectivity index (χ4n) is 1.76. The standard InChI is InChI=1S/C15H17S.2C2H6/c1-3-16(14-7-5-4-6-8-14)15-11-9-13(2)10-12-15;2*1-2/h4-12H,3H2,1-2H3;2*1-2H3/q+1;;. The summed E-state index contributed by atoms with van der Waals surface area (Å²) in [7, 11) is 0.234. The Labute approximate surface area is 128 Å². The molecule has 0 aromatic heterocycles. The van der Waals surface area contributed by atoms with Gasteiger partial charge in [0.05, 0.1) is 10.9 Å². The molecule has 1 unspecified atom stereocenters. The summed E-state index contributed by atoms with van der Waals surface area (Å²) in [4.78, 5) is 2.88. The highest BCUT2D eigenvalue weighted by Gasteiger charge is 2.21. The largest absolute Gasteiger partial charge is 0.160 e. The third-order valence-corrected chi connectivity index (χ3v) is 4.88. The molecular formula is C19H29S+. The summed E-state index contributed by atoms with van der Waals surface area (Å²) >= 11 is 0. The molecule has 0 saturated heterocycles. The first kappa shape index (κ1) is 18.8. The minimum absolute atomic E-state index is 0.234. The molecule has 0 radical (unpaired) electrons. The number of hydrogen-bond acceptors (Lipinski definition) is 0. The first-order chi connectivity index (χ1) is 9.81. The Morgan fingerprint density at radius 3 is 1.60 bits per heavy atom. The maximum atomic E-state index is 2.26. The molecule has 0 aliphatic heterocycles. The highest BCUT2D eigenvalue weighted by molar-refractivity contribution is 7.97. The summed E-state index contributed by atoms with van der Waals surface area (Å²) in [6.07, 6.45) is 0. The van der Waals surface area contributed by atoms with E-state index in [2.05, 4.69) is 68.4 Å². The predicted octanol–water partition coefficient (Wildman–Crippen LogP) is 6.10. The first-order valence-electron chi connectivity index (χ1n) is 7.64. The maximum absolute atomic E-state index is 2.26. The van der Waals surface area contributed by atoms with Crippen LogP contribution in [0.4, 0.5) is 0 Å². The molecular weight excluding hydrogens is 260 g/mol. The van der Waals surface area contributed by atoms with Crippen molar-refractivity contribution >= 4 is 10.9 Å². The molecule has 0 fully saturated rings. The Balaban J connectivity index is 0.000000829. The molecule has 110 valence electrons. The maximum Gasteiger partial charge on any atom is 0.160 e. The van der Waals surface area contributed by atoms with Crippen LogP contribution in [0.2, 0.25) is 0 Å². The van der Waals surface area contributed by atoms with E-state index in [-0.39, 0.29) is 10.9 Å². The summed E-state index contributed by atoms with van der Waals surface area (Å²) in [5.41, 5.74) is 1.33. The third kappa shape index (κ3) is 5.83. The number of hydrogen-bond donors (Lipinski definition) is 0. The van der Waals surface area contributed by atoms with Gasteiger partial charge in [-0.15, -0.1) is 0 Å². The Morgan fingerprint density at radius 1 is 0.700 bits per heavy atom. The quantitative estimate of drug-likeness (QED) is 0.598. The van der Waals surface area contributed by atoms with Gasteiger partial charge in [0, 0.05) is 0 Å². The van der Waals surface area contributed by atoms with Crippen molar-refractivity contribution in [3.8, 4) is 0 Å². The summed E-state index contributed by atoms with van der Waals surface area (Å²) < 4.78 is 0. The Kier molecular flexibility index (Phi) is 10.9. The summed E-state index contributed by atoms with van der Waals surface area (Å²) in [6, 6.07) is 19.7. The lowest BCUT2D eigenvalue weighted by Gasteiger charge is -2.05. The van der Waals surface area contributed by atoms with Crippen molar-refractivity contribution in [1.82, 2.24) is 0 Å². The second-order valence-corrected chi connectivity index (χ2v) is 6.11. The van der Waals surface area contributed by atoms with Gasteiger partial charge in [-0.1, -0.05) is 63.6 Å².